The monoisotopic (exact) mass is 303 g/mol. The molecular formula is C14H22FNO3S. The standard InChI is InChI=1S/C14H22FNO3S/c1-10(2)5-6-11(3)16-20(17,18)12-7-8-14(19-4)13(15)9-12/h7-11,16H,5-6H2,1-4H3/t11-/m1/s1. The van der Waals surface area contributed by atoms with Crippen LogP contribution in [0, 0.1) is 11.7 Å². The number of hydrogen-bond acceptors (Lipinski definition) is 3. The topological polar surface area (TPSA) is 55.4 Å². The zero-order valence-corrected chi connectivity index (χ0v) is 13.1. The molecular weight excluding hydrogens is 281 g/mol. The molecule has 1 atom stereocenters. The van der Waals surface area contributed by atoms with E-state index in [1.54, 1.807) is 6.92 Å². The molecule has 20 heavy (non-hydrogen) atoms. The number of ether oxygens (including phenoxy) is 1. The van der Waals surface area contributed by atoms with Crippen LogP contribution in [0.15, 0.2) is 23.1 Å². The Morgan fingerprint density at radius 2 is 1.90 bits per heavy atom. The highest BCUT2D eigenvalue weighted by atomic mass is 32.2. The van der Waals surface area contributed by atoms with E-state index in [1.165, 1.54) is 19.2 Å². The number of methoxy groups -OCH3 is 1. The molecule has 0 unspecified atom stereocenters. The number of nitrogens with one attached hydrogen (secondary N) is 1. The van der Waals surface area contributed by atoms with Gasteiger partial charge in [-0.2, -0.15) is 0 Å². The third-order valence-electron chi connectivity index (χ3n) is 2.97. The van der Waals surface area contributed by atoms with Crippen LogP contribution in [0.25, 0.3) is 0 Å². The maximum absolute atomic E-state index is 13.6. The smallest absolute Gasteiger partial charge is 0.240 e. The van der Waals surface area contributed by atoms with Crippen LogP contribution in [0.1, 0.15) is 33.6 Å². The van der Waals surface area contributed by atoms with E-state index >= 15 is 0 Å². The Labute approximate surface area is 120 Å². The molecule has 0 aliphatic carbocycles. The quantitative estimate of drug-likeness (QED) is 0.842. The van der Waals surface area contributed by atoms with Gasteiger partial charge in [0.15, 0.2) is 11.6 Å². The summed E-state index contributed by atoms with van der Waals surface area (Å²) in [5, 5.41) is 0. The molecule has 1 rings (SSSR count). The lowest BCUT2D eigenvalue weighted by Gasteiger charge is -2.15. The van der Waals surface area contributed by atoms with Gasteiger partial charge in [-0.3, -0.25) is 0 Å². The average Bonchev–Trinajstić information content (AvgIpc) is 2.35. The Hall–Kier alpha value is -1.14. The van der Waals surface area contributed by atoms with Gasteiger partial charge in [-0.15, -0.1) is 0 Å². The molecule has 6 heteroatoms. The minimum atomic E-state index is -3.70. The zero-order chi connectivity index (χ0) is 15.3. The minimum absolute atomic E-state index is 0.0248. The normalized spacial score (nSPS) is 13.5. The van der Waals surface area contributed by atoms with Crippen LogP contribution >= 0.6 is 0 Å². The Balaban J connectivity index is 2.81. The van der Waals surface area contributed by atoms with Gasteiger partial charge in [-0.1, -0.05) is 13.8 Å². The third-order valence-corrected chi connectivity index (χ3v) is 4.55. The van der Waals surface area contributed by atoms with Crippen LogP contribution in [0.4, 0.5) is 4.39 Å². The number of halogens is 1. The van der Waals surface area contributed by atoms with E-state index in [0.717, 1.165) is 18.9 Å². The summed E-state index contributed by atoms with van der Waals surface area (Å²) in [6.45, 7) is 5.97. The summed E-state index contributed by atoms with van der Waals surface area (Å²) >= 11 is 0. The van der Waals surface area contributed by atoms with Crippen molar-refractivity contribution in [3.05, 3.63) is 24.0 Å². The summed E-state index contributed by atoms with van der Waals surface area (Å²) in [6, 6.07) is 3.42. The van der Waals surface area contributed by atoms with Crippen molar-refractivity contribution in [2.45, 2.75) is 44.6 Å². The third kappa shape index (κ3) is 4.76. The van der Waals surface area contributed by atoms with Gasteiger partial charge in [0.1, 0.15) is 0 Å². The molecule has 0 fully saturated rings. The van der Waals surface area contributed by atoms with Crippen molar-refractivity contribution in [3.8, 4) is 5.75 Å². The summed E-state index contributed by atoms with van der Waals surface area (Å²) in [4.78, 5) is -0.0906. The van der Waals surface area contributed by atoms with Crippen molar-refractivity contribution in [2.24, 2.45) is 5.92 Å². The van der Waals surface area contributed by atoms with Gasteiger partial charge in [-0.05, 0) is 43.9 Å². The van der Waals surface area contributed by atoms with E-state index in [1.807, 2.05) is 0 Å². The van der Waals surface area contributed by atoms with E-state index < -0.39 is 15.8 Å². The largest absolute Gasteiger partial charge is 0.494 e. The second-order valence-electron chi connectivity index (χ2n) is 5.29. The summed E-state index contributed by atoms with van der Waals surface area (Å²) in [5.41, 5.74) is 0. The fourth-order valence-electron chi connectivity index (χ4n) is 1.79. The number of hydrogen-bond donors (Lipinski definition) is 1. The first-order valence-electron chi connectivity index (χ1n) is 6.62. The van der Waals surface area contributed by atoms with Crippen molar-refractivity contribution in [1.82, 2.24) is 4.72 Å². The average molecular weight is 303 g/mol. The fraction of sp³-hybridized carbons (Fsp3) is 0.571. The second kappa shape index (κ2) is 7.04. The molecule has 0 saturated heterocycles. The van der Waals surface area contributed by atoms with Crippen LogP contribution in [0.2, 0.25) is 0 Å². The fourth-order valence-corrected chi connectivity index (χ4v) is 3.08. The SMILES string of the molecule is COc1ccc(S(=O)(=O)N[C@H](C)CCC(C)C)cc1F. The van der Waals surface area contributed by atoms with E-state index in [4.69, 9.17) is 4.74 Å². The maximum atomic E-state index is 13.6. The van der Waals surface area contributed by atoms with Gasteiger partial charge >= 0.3 is 0 Å². The molecule has 0 heterocycles. The lowest BCUT2D eigenvalue weighted by molar-refractivity contribution is 0.385. The van der Waals surface area contributed by atoms with Crippen molar-refractivity contribution in [1.29, 1.82) is 0 Å². The lowest BCUT2D eigenvalue weighted by atomic mass is 10.1. The van der Waals surface area contributed by atoms with Crippen LogP contribution < -0.4 is 9.46 Å². The van der Waals surface area contributed by atoms with Gasteiger partial charge < -0.3 is 4.74 Å². The number of rotatable bonds is 7. The van der Waals surface area contributed by atoms with Crippen molar-refractivity contribution in [2.75, 3.05) is 7.11 Å². The summed E-state index contributed by atoms with van der Waals surface area (Å²) in [6.07, 6.45) is 1.68. The molecule has 1 N–H and O–H groups in total. The number of sulfonamides is 1. The van der Waals surface area contributed by atoms with Crippen molar-refractivity contribution in [3.63, 3.8) is 0 Å². The predicted octanol–water partition coefficient (Wildman–Crippen LogP) is 2.94. The highest BCUT2D eigenvalue weighted by molar-refractivity contribution is 7.89. The zero-order valence-electron chi connectivity index (χ0n) is 12.3. The number of benzene rings is 1. The molecule has 114 valence electrons. The highest BCUT2D eigenvalue weighted by Gasteiger charge is 2.19. The van der Waals surface area contributed by atoms with Gasteiger partial charge in [-0.25, -0.2) is 17.5 Å². The Morgan fingerprint density at radius 1 is 1.25 bits per heavy atom. The summed E-state index contributed by atoms with van der Waals surface area (Å²) < 4.78 is 45.1. The molecule has 0 bridgehead atoms. The van der Waals surface area contributed by atoms with Crippen LogP contribution in [-0.2, 0) is 10.0 Å². The molecule has 0 saturated carbocycles. The van der Waals surface area contributed by atoms with Crippen LogP contribution in [0.5, 0.6) is 5.75 Å². The van der Waals surface area contributed by atoms with Gasteiger partial charge in [0.05, 0.1) is 12.0 Å². The molecule has 0 aromatic heterocycles. The van der Waals surface area contributed by atoms with Gasteiger partial charge in [0.25, 0.3) is 0 Å². The molecule has 0 aliphatic rings. The minimum Gasteiger partial charge on any atom is -0.494 e. The summed E-state index contributed by atoms with van der Waals surface area (Å²) in [5.74, 6) is -0.151. The van der Waals surface area contributed by atoms with E-state index in [9.17, 15) is 12.8 Å². The summed E-state index contributed by atoms with van der Waals surface area (Å²) in [7, 11) is -2.37. The first-order chi connectivity index (χ1) is 9.26. The Morgan fingerprint density at radius 3 is 2.40 bits per heavy atom. The molecule has 0 aliphatic heterocycles. The molecule has 0 radical (unpaired) electrons. The molecule has 4 nitrogen and oxygen atoms in total. The van der Waals surface area contributed by atoms with Crippen molar-refractivity contribution < 1.29 is 17.5 Å². The lowest BCUT2D eigenvalue weighted by Crippen LogP contribution is -2.32. The second-order valence-corrected chi connectivity index (χ2v) is 7.00. The highest BCUT2D eigenvalue weighted by Crippen LogP contribution is 2.21. The van der Waals surface area contributed by atoms with Gasteiger partial charge in [0.2, 0.25) is 10.0 Å². The molecule has 1 aromatic rings. The first kappa shape index (κ1) is 16.9. The molecule has 0 spiro atoms. The van der Waals surface area contributed by atoms with Crippen molar-refractivity contribution >= 4 is 10.0 Å². The van der Waals surface area contributed by atoms with Crippen LogP contribution in [-0.4, -0.2) is 21.6 Å². The van der Waals surface area contributed by atoms with E-state index in [2.05, 4.69) is 18.6 Å². The Bertz CT molecular complexity index is 543. The first-order valence-corrected chi connectivity index (χ1v) is 8.10. The van der Waals surface area contributed by atoms with Gasteiger partial charge in [0, 0.05) is 6.04 Å². The Kier molecular flexibility index (Phi) is 5.95. The maximum Gasteiger partial charge on any atom is 0.240 e. The predicted molar refractivity (Wildman–Crippen MR) is 76.8 cm³/mol. The molecule has 0 amide bonds. The van der Waals surface area contributed by atoms with Crippen LogP contribution in [0.3, 0.4) is 0 Å². The molecule has 1 aromatic carbocycles. The van der Waals surface area contributed by atoms with E-state index in [0.29, 0.717) is 5.92 Å². The van der Waals surface area contributed by atoms with E-state index in [-0.39, 0.29) is 16.7 Å².